The number of allylic oxidation sites excluding steroid dienone is 4. The van der Waals surface area contributed by atoms with Crippen LogP contribution in [0.25, 0.3) is 0 Å². The highest BCUT2D eigenvalue weighted by Gasteiger charge is 2.30. The van der Waals surface area contributed by atoms with Gasteiger partial charge in [0.1, 0.15) is 5.78 Å². The van der Waals surface area contributed by atoms with Crippen LogP contribution < -0.4 is 0 Å². The summed E-state index contributed by atoms with van der Waals surface area (Å²) in [7, 11) is 0. The molecule has 0 unspecified atom stereocenters. The zero-order valence-electron chi connectivity index (χ0n) is 10.3. The van der Waals surface area contributed by atoms with Crippen molar-refractivity contribution in [3.05, 3.63) is 37.0 Å². The van der Waals surface area contributed by atoms with E-state index in [4.69, 9.17) is 0 Å². The molecule has 0 fully saturated rings. The summed E-state index contributed by atoms with van der Waals surface area (Å²) in [4.78, 5) is 12.0. The lowest BCUT2D eigenvalue weighted by atomic mass is 9.75. The van der Waals surface area contributed by atoms with Crippen LogP contribution in [0.15, 0.2) is 37.0 Å². The SMILES string of the molecule is C=C/C=C(\C=C)CC(=O)C(C)(C)C(C)C. The molecule has 0 atom stereocenters. The summed E-state index contributed by atoms with van der Waals surface area (Å²) < 4.78 is 0. The first-order chi connectivity index (χ1) is 6.86. The molecule has 0 spiro atoms. The Morgan fingerprint density at radius 2 is 1.87 bits per heavy atom. The molecule has 84 valence electrons. The third-order valence-corrected chi connectivity index (χ3v) is 3.12. The standard InChI is InChI=1S/C14H22O/c1-7-9-12(8-2)10-13(15)14(5,6)11(3)4/h7-9,11H,1-2,10H2,3-6H3/b12-9+. The minimum atomic E-state index is -0.275. The molecule has 1 heteroatoms. The van der Waals surface area contributed by atoms with Crippen LogP contribution in [-0.4, -0.2) is 5.78 Å². The van der Waals surface area contributed by atoms with Crippen LogP contribution in [0.5, 0.6) is 0 Å². The van der Waals surface area contributed by atoms with Gasteiger partial charge < -0.3 is 0 Å². The van der Waals surface area contributed by atoms with E-state index in [1.807, 2.05) is 19.9 Å². The Hall–Kier alpha value is -1.11. The molecule has 0 aromatic heterocycles. The number of rotatable bonds is 6. The first-order valence-corrected chi connectivity index (χ1v) is 5.33. The third kappa shape index (κ3) is 3.86. The number of carbonyl (C=O) groups is 1. The van der Waals surface area contributed by atoms with Gasteiger partial charge in [-0.15, -0.1) is 0 Å². The number of hydrogen-bond acceptors (Lipinski definition) is 1. The van der Waals surface area contributed by atoms with E-state index in [2.05, 4.69) is 27.0 Å². The molecule has 0 aromatic carbocycles. The van der Waals surface area contributed by atoms with Gasteiger partial charge in [-0.1, -0.05) is 59.1 Å². The van der Waals surface area contributed by atoms with Crippen LogP contribution in [0.2, 0.25) is 0 Å². The monoisotopic (exact) mass is 206 g/mol. The first-order valence-electron chi connectivity index (χ1n) is 5.33. The molecule has 0 heterocycles. The van der Waals surface area contributed by atoms with Crippen molar-refractivity contribution in [1.82, 2.24) is 0 Å². The molecule has 0 saturated carbocycles. The number of ketones is 1. The Kier molecular flexibility index (Phi) is 5.27. The highest BCUT2D eigenvalue weighted by Crippen LogP contribution is 2.29. The second kappa shape index (κ2) is 5.69. The van der Waals surface area contributed by atoms with Crippen LogP contribution in [0.3, 0.4) is 0 Å². The largest absolute Gasteiger partial charge is 0.299 e. The second-order valence-corrected chi connectivity index (χ2v) is 4.66. The molecule has 0 aliphatic carbocycles. The van der Waals surface area contributed by atoms with E-state index in [0.717, 1.165) is 5.57 Å². The number of Topliss-reactive ketones (excluding diaryl/α,β-unsaturated/α-hetero) is 1. The zero-order chi connectivity index (χ0) is 12.1. The van der Waals surface area contributed by atoms with Crippen LogP contribution in [0.4, 0.5) is 0 Å². The van der Waals surface area contributed by atoms with Crippen molar-refractivity contribution >= 4 is 5.78 Å². The quantitative estimate of drug-likeness (QED) is 0.602. The van der Waals surface area contributed by atoms with Gasteiger partial charge in [-0.25, -0.2) is 0 Å². The van der Waals surface area contributed by atoms with Crippen LogP contribution in [0.1, 0.15) is 34.1 Å². The lowest BCUT2D eigenvalue weighted by Gasteiger charge is -2.27. The van der Waals surface area contributed by atoms with Crippen LogP contribution >= 0.6 is 0 Å². The van der Waals surface area contributed by atoms with Gasteiger partial charge in [0.15, 0.2) is 0 Å². The van der Waals surface area contributed by atoms with Crippen molar-refractivity contribution in [2.45, 2.75) is 34.1 Å². The van der Waals surface area contributed by atoms with E-state index in [1.165, 1.54) is 0 Å². The molecule has 0 saturated heterocycles. The molecule has 0 bridgehead atoms. The molecule has 0 aliphatic heterocycles. The normalized spacial score (nSPS) is 12.7. The summed E-state index contributed by atoms with van der Waals surface area (Å²) in [5.74, 6) is 0.602. The highest BCUT2D eigenvalue weighted by molar-refractivity contribution is 5.86. The molecule has 0 amide bonds. The van der Waals surface area contributed by atoms with Crippen LogP contribution in [0, 0.1) is 11.3 Å². The number of carbonyl (C=O) groups excluding carboxylic acids is 1. The molecule has 0 aliphatic rings. The van der Waals surface area contributed by atoms with E-state index < -0.39 is 0 Å². The molecular formula is C14H22O. The minimum absolute atomic E-state index is 0.255. The Morgan fingerprint density at radius 1 is 1.33 bits per heavy atom. The fourth-order valence-electron chi connectivity index (χ4n) is 1.09. The lowest BCUT2D eigenvalue weighted by molar-refractivity contribution is -0.128. The van der Waals surface area contributed by atoms with Gasteiger partial charge in [0.25, 0.3) is 0 Å². The molecule has 0 aromatic rings. The van der Waals surface area contributed by atoms with Crippen molar-refractivity contribution in [2.75, 3.05) is 0 Å². The topological polar surface area (TPSA) is 17.1 Å². The van der Waals surface area contributed by atoms with Crippen molar-refractivity contribution < 1.29 is 4.79 Å². The first kappa shape index (κ1) is 13.9. The van der Waals surface area contributed by atoms with Gasteiger partial charge >= 0.3 is 0 Å². The van der Waals surface area contributed by atoms with Crippen molar-refractivity contribution in [3.8, 4) is 0 Å². The van der Waals surface area contributed by atoms with Gasteiger partial charge in [0.05, 0.1) is 0 Å². The molecule has 1 nitrogen and oxygen atoms in total. The fraction of sp³-hybridized carbons (Fsp3) is 0.500. The summed E-state index contributed by atoms with van der Waals surface area (Å²) in [5.41, 5.74) is 0.659. The predicted molar refractivity (Wildman–Crippen MR) is 66.7 cm³/mol. The summed E-state index contributed by atoms with van der Waals surface area (Å²) in [6, 6.07) is 0. The Labute approximate surface area is 93.6 Å². The fourth-order valence-corrected chi connectivity index (χ4v) is 1.09. The van der Waals surface area contributed by atoms with Gasteiger partial charge in [0, 0.05) is 11.8 Å². The summed E-state index contributed by atoms with van der Waals surface area (Å²) >= 11 is 0. The summed E-state index contributed by atoms with van der Waals surface area (Å²) in [6.07, 6.45) is 5.69. The maximum atomic E-state index is 12.0. The number of hydrogen-bond donors (Lipinski definition) is 0. The maximum absolute atomic E-state index is 12.0. The summed E-state index contributed by atoms with van der Waals surface area (Å²) in [5, 5.41) is 0. The zero-order valence-corrected chi connectivity index (χ0v) is 10.3. The van der Waals surface area contributed by atoms with Gasteiger partial charge in [-0.2, -0.15) is 0 Å². The second-order valence-electron chi connectivity index (χ2n) is 4.66. The summed E-state index contributed by atoms with van der Waals surface area (Å²) in [6.45, 7) is 15.4. The maximum Gasteiger partial charge on any atom is 0.143 e. The van der Waals surface area contributed by atoms with Gasteiger partial charge in [0.2, 0.25) is 0 Å². The van der Waals surface area contributed by atoms with Crippen molar-refractivity contribution in [3.63, 3.8) is 0 Å². The third-order valence-electron chi connectivity index (χ3n) is 3.12. The smallest absolute Gasteiger partial charge is 0.143 e. The van der Waals surface area contributed by atoms with E-state index in [-0.39, 0.29) is 11.2 Å². The molecule has 0 radical (unpaired) electrons. The minimum Gasteiger partial charge on any atom is -0.299 e. The van der Waals surface area contributed by atoms with E-state index >= 15 is 0 Å². The Balaban J connectivity index is 4.68. The highest BCUT2D eigenvalue weighted by atomic mass is 16.1. The Morgan fingerprint density at radius 3 is 2.20 bits per heavy atom. The van der Waals surface area contributed by atoms with Crippen molar-refractivity contribution in [1.29, 1.82) is 0 Å². The average Bonchev–Trinajstić information content (AvgIpc) is 2.16. The molecule has 15 heavy (non-hydrogen) atoms. The lowest BCUT2D eigenvalue weighted by Crippen LogP contribution is -2.30. The van der Waals surface area contributed by atoms with E-state index in [0.29, 0.717) is 12.3 Å². The molecular weight excluding hydrogens is 184 g/mol. The van der Waals surface area contributed by atoms with Gasteiger partial charge in [-0.3, -0.25) is 4.79 Å². The molecule has 0 rings (SSSR count). The molecule has 0 N–H and O–H groups in total. The van der Waals surface area contributed by atoms with Crippen LogP contribution in [-0.2, 0) is 4.79 Å². The predicted octanol–water partition coefficient (Wildman–Crippen LogP) is 3.93. The van der Waals surface area contributed by atoms with Crippen molar-refractivity contribution in [2.24, 2.45) is 11.3 Å². The average molecular weight is 206 g/mol. The van der Waals surface area contributed by atoms with Gasteiger partial charge in [-0.05, 0) is 11.5 Å². The van der Waals surface area contributed by atoms with E-state index in [9.17, 15) is 4.79 Å². The van der Waals surface area contributed by atoms with E-state index in [1.54, 1.807) is 12.2 Å². The Bertz CT molecular complexity index is 280.